The molecule has 17 heavy (non-hydrogen) atoms. The summed E-state index contributed by atoms with van der Waals surface area (Å²) in [6.45, 7) is 3.60. The van der Waals surface area contributed by atoms with Crippen molar-refractivity contribution in [2.45, 2.75) is 13.8 Å². The zero-order valence-corrected chi connectivity index (χ0v) is 9.38. The van der Waals surface area contributed by atoms with Crippen LogP contribution in [-0.2, 0) is 0 Å². The molecule has 0 saturated heterocycles. The molecule has 3 heterocycles. The molecule has 0 aliphatic rings. The zero-order chi connectivity index (χ0) is 12.0. The van der Waals surface area contributed by atoms with Gasteiger partial charge in [0.05, 0.1) is 11.4 Å². The third kappa shape index (κ3) is 1.36. The van der Waals surface area contributed by atoms with E-state index < -0.39 is 0 Å². The van der Waals surface area contributed by atoms with E-state index in [1.54, 1.807) is 23.9 Å². The first-order valence-electron chi connectivity index (χ1n) is 5.07. The molecule has 0 amide bonds. The molecule has 0 atom stereocenters. The second-order valence-electron chi connectivity index (χ2n) is 3.70. The number of aryl methyl sites for hydroxylation is 2. The number of hydrogen-bond acceptors (Lipinski definition) is 6. The number of rotatable bonds is 1. The van der Waals surface area contributed by atoms with Gasteiger partial charge in [-0.15, -0.1) is 5.10 Å². The van der Waals surface area contributed by atoms with E-state index in [4.69, 9.17) is 10.2 Å². The van der Waals surface area contributed by atoms with Gasteiger partial charge in [0, 0.05) is 13.1 Å². The van der Waals surface area contributed by atoms with Crippen LogP contribution in [0.5, 0.6) is 0 Å². The Bertz CT molecular complexity index is 698. The first kappa shape index (κ1) is 9.76. The van der Waals surface area contributed by atoms with Gasteiger partial charge < -0.3 is 10.2 Å². The summed E-state index contributed by atoms with van der Waals surface area (Å²) in [5.41, 5.74) is 8.61. The predicted molar refractivity (Wildman–Crippen MR) is 60.6 cm³/mol. The fraction of sp³-hybridized carbons (Fsp3) is 0.200. The molecule has 3 aromatic heterocycles. The molecule has 0 aliphatic heterocycles. The monoisotopic (exact) mass is 230 g/mol. The standard InChI is InChI=1S/C10H10N6O/c1-5-8-9(7(11)3-4-12-8)15-16(5)10-14-13-6(2)17-10/h3-4H,11H2,1-2H3. The van der Waals surface area contributed by atoms with Crippen molar-refractivity contribution in [1.82, 2.24) is 25.0 Å². The Morgan fingerprint density at radius 2 is 2.06 bits per heavy atom. The number of nitrogen functional groups attached to an aromatic ring is 1. The summed E-state index contributed by atoms with van der Waals surface area (Å²) in [6, 6.07) is 2.02. The van der Waals surface area contributed by atoms with Gasteiger partial charge in [-0.05, 0) is 13.0 Å². The van der Waals surface area contributed by atoms with Gasteiger partial charge in [0.1, 0.15) is 11.0 Å². The van der Waals surface area contributed by atoms with E-state index in [2.05, 4.69) is 20.3 Å². The van der Waals surface area contributed by atoms with Crippen LogP contribution < -0.4 is 5.73 Å². The summed E-state index contributed by atoms with van der Waals surface area (Å²) in [6.07, 6.45) is 1.65. The van der Waals surface area contributed by atoms with Crippen LogP contribution in [0.1, 0.15) is 11.6 Å². The van der Waals surface area contributed by atoms with E-state index in [-0.39, 0.29) is 0 Å². The molecule has 0 saturated carbocycles. The summed E-state index contributed by atoms with van der Waals surface area (Å²) in [4.78, 5) is 4.24. The van der Waals surface area contributed by atoms with Crippen LogP contribution in [0.3, 0.4) is 0 Å². The van der Waals surface area contributed by atoms with Crippen molar-refractivity contribution in [2.75, 3.05) is 5.73 Å². The van der Waals surface area contributed by atoms with Crippen LogP contribution in [0.4, 0.5) is 5.69 Å². The number of fused-ring (bicyclic) bond motifs is 1. The molecular formula is C10H10N6O. The molecule has 7 heteroatoms. The topological polar surface area (TPSA) is 95.7 Å². The summed E-state index contributed by atoms with van der Waals surface area (Å²) in [7, 11) is 0. The highest BCUT2D eigenvalue weighted by Crippen LogP contribution is 2.22. The molecule has 0 spiro atoms. The van der Waals surface area contributed by atoms with Crippen LogP contribution in [-0.4, -0.2) is 25.0 Å². The normalized spacial score (nSPS) is 11.2. The Kier molecular flexibility index (Phi) is 1.88. The van der Waals surface area contributed by atoms with Crippen molar-refractivity contribution < 1.29 is 4.42 Å². The maximum atomic E-state index is 5.84. The van der Waals surface area contributed by atoms with E-state index in [0.717, 1.165) is 11.2 Å². The van der Waals surface area contributed by atoms with E-state index >= 15 is 0 Å². The van der Waals surface area contributed by atoms with Gasteiger partial charge in [-0.2, -0.15) is 9.78 Å². The van der Waals surface area contributed by atoms with Crippen LogP contribution in [0.2, 0.25) is 0 Å². The lowest BCUT2D eigenvalue weighted by Gasteiger charge is -1.94. The van der Waals surface area contributed by atoms with Crippen molar-refractivity contribution in [3.8, 4) is 6.01 Å². The third-order valence-corrected chi connectivity index (χ3v) is 2.51. The van der Waals surface area contributed by atoms with Crippen molar-refractivity contribution in [1.29, 1.82) is 0 Å². The lowest BCUT2D eigenvalue weighted by Crippen LogP contribution is -1.99. The number of hydrogen-bond donors (Lipinski definition) is 1. The maximum Gasteiger partial charge on any atom is 0.343 e. The largest absolute Gasteiger partial charge is 0.407 e. The van der Waals surface area contributed by atoms with Crippen LogP contribution >= 0.6 is 0 Å². The van der Waals surface area contributed by atoms with E-state index in [1.165, 1.54) is 0 Å². The van der Waals surface area contributed by atoms with E-state index in [0.29, 0.717) is 23.1 Å². The minimum atomic E-state index is 0.317. The molecule has 7 nitrogen and oxygen atoms in total. The summed E-state index contributed by atoms with van der Waals surface area (Å²) >= 11 is 0. The van der Waals surface area contributed by atoms with Gasteiger partial charge >= 0.3 is 6.01 Å². The Labute approximate surface area is 96.3 Å². The van der Waals surface area contributed by atoms with Crippen molar-refractivity contribution in [2.24, 2.45) is 0 Å². The van der Waals surface area contributed by atoms with E-state index in [9.17, 15) is 0 Å². The molecule has 0 bridgehead atoms. The van der Waals surface area contributed by atoms with Gasteiger partial charge in [0.15, 0.2) is 0 Å². The average molecular weight is 230 g/mol. The Hall–Kier alpha value is -2.44. The summed E-state index contributed by atoms with van der Waals surface area (Å²) in [5.74, 6) is 0.486. The minimum Gasteiger partial charge on any atom is -0.407 e. The first-order valence-corrected chi connectivity index (χ1v) is 5.07. The second-order valence-corrected chi connectivity index (χ2v) is 3.70. The van der Waals surface area contributed by atoms with Crippen LogP contribution in [0.15, 0.2) is 16.7 Å². The fourth-order valence-electron chi connectivity index (χ4n) is 1.67. The molecule has 86 valence electrons. The van der Waals surface area contributed by atoms with Crippen molar-refractivity contribution in [3.05, 3.63) is 23.8 Å². The first-order chi connectivity index (χ1) is 8.16. The fourth-order valence-corrected chi connectivity index (χ4v) is 1.67. The number of nitrogens with two attached hydrogens (primary N) is 1. The second kappa shape index (κ2) is 3.27. The highest BCUT2D eigenvalue weighted by Gasteiger charge is 2.15. The zero-order valence-electron chi connectivity index (χ0n) is 9.38. The maximum absolute atomic E-state index is 5.84. The molecule has 2 N–H and O–H groups in total. The quantitative estimate of drug-likeness (QED) is 0.670. The molecule has 0 aliphatic carbocycles. The number of aromatic nitrogens is 5. The van der Waals surface area contributed by atoms with E-state index in [1.807, 2.05) is 6.92 Å². The Balaban J connectivity index is 2.31. The molecule has 0 fully saturated rings. The molecule has 0 radical (unpaired) electrons. The lowest BCUT2D eigenvalue weighted by molar-refractivity contribution is 0.480. The lowest BCUT2D eigenvalue weighted by atomic mass is 10.3. The Morgan fingerprint density at radius 3 is 2.71 bits per heavy atom. The molecule has 3 rings (SSSR count). The van der Waals surface area contributed by atoms with Gasteiger partial charge in [-0.3, -0.25) is 4.98 Å². The van der Waals surface area contributed by atoms with Crippen LogP contribution in [0, 0.1) is 13.8 Å². The molecule has 3 aromatic rings. The predicted octanol–water partition coefficient (Wildman–Crippen LogP) is 1.00. The summed E-state index contributed by atoms with van der Waals surface area (Å²) in [5, 5.41) is 12.0. The van der Waals surface area contributed by atoms with Crippen LogP contribution in [0.25, 0.3) is 17.0 Å². The minimum absolute atomic E-state index is 0.317. The van der Waals surface area contributed by atoms with Gasteiger partial charge in [0.2, 0.25) is 5.89 Å². The van der Waals surface area contributed by atoms with Gasteiger partial charge in [0.25, 0.3) is 0 Å². The molecule has 0 aromatic carbocycles. The number of pyridine rings is 1. The molecular weight excluding hydrogens is 220 g/mol. The van der Waals surface area contributed by atoms with Gasteiger partial charge in [-0.1, -0.05) is 5.10 Å². The smallest absolute Gasteiger partial charge is 0.343 e. The van der Waals surface area contributed by atoms with Crippen molar-refractivity contribution in [3.63, 3.8) is 0 Å². The highest BCUT2D eigenvalue weighted by molar-refractivity contribution is 5.87. The highest BCUT2D eigenvalue weighted by atomic mass is 16.4. The number of nitrogens with zero attached hydrogens (tertiary/aromatic N) is 5. The average Bonchev–Trinajstić information content (AvgIpc) is 2.85. The third-order valence-electron chi connectivity index (χ3n) is 2.51. The number of anilines is 1. The Morgan fingerprint density at radius 1 is 1.24 bits per heavy atom. The van der Waals surface area contributed by atoms with Gasteiger partial charge in [-0.25, -0.2) is 0 Å². The molecule has 0 unspecified atom stereocenters. The summed E-state index contributed by atoms with van der Waals surface area (Å²) < 4.78 is 6.88. The van der Waals surface area contributed by atoms with Crippen molar-refractivity contribution >= 4 is 16.7 Å². The SMILES string of the molecule is Cc1nnc(-n2nc3c(N)ccnc3c2C)o1.